The minimum atomic E-state index is -0.276. The van der Waals surface area contributed by atoms with Crippen LogP contribution in [0, 0.1) is 0 Å². The molecule has 1 N–H and O–H groups in total. The molecule has 0 unspecified atom stereocenters. The molecule has 1 aromatic heterocycles. The van der Waals surface area contributed by atoms with Gasteiger partial charge in [0, 0.05) is 22.2 Å². The predicted molar refractivity (Wildman–Crippen MR) is 117 cm³/mol. The van der Waals surface area contributed by atoms with Crippen molar-refractivity contribution in [2.24, 2.45) is 4.99 Å². The lowest BCUT2D eigenvalue weighted by Crippen LogP contribution is -2.55. The van der Waals surface area contributed by atoms with Crippen LogP contribution in [0.1, 0.15) is 73.5 Å². The molecular formula is C23H30N2O2S. The summed E-state index contributed by atoms with van der Waals surface area (Å²) in [5.41, 5.74) is 3.70. The highest BCUT2D eigenvalue weighted by Crippen LogP contribution is 2.46. The Hall–Kier alpha value is -1.98. The summed E-state index contributed by atoms with van der Waals surface area (Å²) in [5, 5.41) is 4.42. The second kappa shape index (κ2) is 7.80. The largest absolute Gasteiger partial charge is 0.462 e. The number of esters is 1. The summed E-state index contributed by atoms with van der Waals surface area (Å²) in [6.45, 7) is 13.0. The van der Waals surface area contributed by atoms with Crippen molar-refractivity contribution in [3.05, 3.63) is 51.4 Å². The lowest BCUT2D eigenvalue weighted by Gasteiger charge is -2.42. The Morgan fingerprint density at radius 2 is 1.89 bits per heavy atom. The van der Waals surface area contributed by atoms with Crippen LogP contribution in [0.25, 0.3) is 0 Å². The van der Waals surface area contributed by atoms with E-state index in [1.165, 1.54) is 10.4 Å². The van der Waals surface area contributed by atoms with Gasteiger partial charge in [0.2, 0.25) is 0 Å². The first-order valence-corrected chi connectivity index (χ1v) is 10.7. The highest BCUT2D eigenvalue weighted by Gasteiger charge is 2.41. The zero-order valence-electron chi connectivity index (χ0n) is 17.7. The Balaban J connectivity index is 2.06. The third kappa shape index (κ3) is 4.20. The van der Waals surface area contributed by atoms with E-state index in [1.54, 1.807) is 11.3 Å². The number of rotatable bonds is 5. The van der Waals surface area contributed by atoms with E-state index in [4.69, 9.17) is 9.73 Å². The van der Waals surface area contributed by atoms with Crippen LogP contribution in [0.2, 0.25) is 0 Å². The molecule has 1 aliphatic rings. The number of ether oxygens (including phenoxy) is 1. The molecule has 0 amide bonds. The van der Waals surface area contributed by atoms with Gasteiger partial charge in [0.1, 0.15) is 5.00 Å². The molecule has 0 radical (unpaired) electrons. The Morgan fingerprint density at radius 3 is 2.50 bits per heavy atom. The number of carbonyl (C=O) groups excluding carboxylic acids is 1. The number of aliphatic imine (C=N–C) groups is 1. The van der Waals surface area contributed by atoms with E-state index in [-0.39, 0.29) is 17.0 Å². The summed E-state index contributed by atoms with van der Waals surface area (Å²) in [4.78, 5) is 18.7. The molecule has 0 atom stereocenters. The van der Waals surface area contributed by atoms with Crippen molar-refractivity contribution in [3.8, 4) is 0 Å². The fraction of sp³-hybridized carbons (Fsp3) is 0.478. The summed E-state index contributed by atoms with van der Waals surface area (Å²) in [7, 11) is 0. The van der Waals surface area contributed by atoms with E-state index in [0.29, 0.717) is 12.2 Å². The number of thiophene rings is 1. The molecule has 2 heterocycles. The summed E-state index contributed by atoms with van der Waals surface area (Å²) in [6.07, 6.45) is 3.63. The van der Waals surface area contributed by atoms with E-state index < -0.39 is 0 Å². The third-order valence-corrected chi connectivity index (χ3v) is 6.49. The Morgan fingerprint density at radius 1 is 1.21 bits per heavy atom. The SMILES string of the molecule is CCOC(=O)c1c(N=Cc2ccc(CC)cc2)sc2c1CC(C)(C)NC2(C)C. The van der Waals surface area contributed by atoms with Gasteiger partial charge in [-0.1, -0.05) is 31.2 Å². The maximum atomic E-state index is 12.8. The van der Waals surface area contributed by atoms with Gasteiger partial charge >= 0.3 is 5.97 Å². The maximum Gasteiger partial charge on any atom is 0.341 e. The smallest absolute Gasteiger partial charge is 0.341 e. The zero-order valence-corrected chi connectivity index (χ0v) is 18.5. The first-order valence-electron chi connectivity index (χ1n) is 9.92. The number of aryl methyl sites for hydroxylation is 1. The molecule has 1 aromatic carbocycles. The first-order chi connectivity index (χ1) is 13.2. The molecular weight excluding hydrogens is 368 g/mol. The molecule has 0 bridgehead atoms. The standard InChI is InChI=1S/C23H30N2O2S/c1-7-15-9-11-16(12-10-15)14-24-20-18(21(26)27-8-2)17-13-22(3,4)25-23(5,6)19(17)28-20/h9-12,14,25H,7-8,13H2,1-6H3. The quantitative estimate of drug-likeness (QED) is 0.542. The number of nitrogens with zero attached hydrogens (tertiary/aromatic N) is 1. The normalized spacial score (nSPS) is 17.5. The van der Waals surface area contributed by atoms with Crippen LogP contribution in [-0.4, -0.2) is 24.3 Å². The van der Waals surface area contributed by atoms with Crippen LogP contribution < -0.4 is 5.32 Å². The topological polar surface area (TPSA) is 50.7 Å². The zero-order chi connectivity index (χ0) is 20.5. The van der Waals surface area contributed by atoms with Crippen molar-refractivity contribution in [1.82, 2.24) is 5.32 Å². The van der Waals surface area contributed by atoms with Crippen molar-refractivity contribution in [2.45, 2.75) is 65.5 Å². The van der Waals surface area contributed by atoms with Crippen LogP contribution in [0.3, 0.4) is 0 Å². The van der Waals surface area contributed by atoms with Crippen LogP contribution >= 0.6 is 11.3 Å². The molecule has 0 fully saturated rings. The van der Waals surface area contributed by atoms with Crippen molar-refractivity contribution >= 4 is 28.5 Å². The molecule has 0 saturated heterocycles. The molecule has 4 nitrogen and oxygen atoms in total. The highest BCUT2D eigenvalue weighted by atomic mass is 32.1. The van der Waals surface area contributed by atoms with Gasteiger partial charge in [-0.25, -0.2) is 9.79 Å². The second-order valence-corrected chi connectivity index (χ2v) is 9.47. The molecule has 3 rings (SSSR count). The predicted octanol–water partition coefficient (Wildman–Crippen LogP) is 5.40. The van der Waals surface area contributed by atoms with Gasteiger partial charge in [-0.2, -0.15) is 0 Å². The van der Waals surface area contributed by atoms with Gasteiger partial charge in [0.15, 0.2) is 0 Å². The monoisotopic (exact) mass is 398 g/mol. The third-order valence-electron chi connectivity index (χ3n) is 5.02. The number of hydrogen-bond donors (Lipinski definition) is 1. The molecule has 150 valence electrons. The van der Waals surface area contributed by atoms with Crippen LogP contribution in [0.4, 0.5) is 5.00 Å². The van der Waals surface area contributed by atoms with E-state index in [0.717, 1.165) is 29.0 Å². The number of carbonyl (C=O) groups is 1. The van der Waals surface area contributed by atoms with Crippen LogP contribution in [0.15, 0.2) is 29.3 Å². The summed E-state index contributed by atoms with van der Waals surface area (Å²) >= 11 is 1.59. The van der Waals surface area contributed by atoms with E-state index in [2.05, 4.69) is 64.2 Å². The van der Waals surface area contributed by atoms with Gasteiger partial charge in [0.25, 0.3) is 0 Å². The summed E-state index contributed by atoms with van der Waals surface area (Å²) in [5.74, 6) is -0.276. The highest BCUT2D eigenvalue weighted by molar-refractivity contribution is 7.16. The molecule has 0 spiro atoms. The molecule has 0 saturated carbocycles. The number of benzene rings is 1. The van der Waals surface area contributed by atoms with E-state index in [1.807, 2.05) is 13.1 Å². The molecule has 0 aliphatic carbocycles. The first kappa shape index (κ1) is 20.7. The molecule has 28 heavy (non-hydrogen) atoms. The molecule has 1 aliphatic heterocycles. The minimum Gasteiger partial charge on any atom is -0.462 e. The van der Waals surface area contributed by atoms with E-state index >= 15 is 0 Å². The maximum absolute atomic E-state index is 12.8. The average molecular weight is 399 g/mol. The van der Waals surface area contributed by atoms with Crippen molar-refractivity contribution in [2.75, 3.05) is 6.61 Å². The Labute approximate surface area is 172 Å². The van der Waals surface area contributed by atoms with Gasteiger partial charge < -0.3 is 10.1 Å². The summed E-state index contributed by atoms with van der Waals surface area (Å²) in [6, 6.07) is 8.36. The second-order valence-electron chi connectivity index (χ2n) is 8.47. The lowest BCUT2D eigenvalue weighted by molar-refractivity contribution is 0.0525. The average Bonchev–Trinajstić information content (AvgIpc) is 2.98. The fourth-order valence-electron chi connectivity index (χ4n) is 3.99. The lowest BCUT2D eigenvalue weighted by atomic mass is 9.81. The van der Waals surface area contributed by atoms with Crippen molar-refractivity contribution in [1.29, 1.82) is 0 Å². The van der Waals surface area contributed by atoms with Gasteiger partial charge in [0.05, 0.1) is 12.2 Å². The molecule has 5 heteroatoms. The number of hydrogen-bond acceptors (Lipinski definition) is 5. The van der Waals surface area contributed by atoms with Gasteiger partial charge in [-0.05, 0) is 64.2 Å². The summed E-state index contributed by atoms with van der Waals surface area (Å²) < 4.78 is 5.39. The minimum absolute atomic E-state index is 0.101. The van der Waals surface area contributed by atoms with Crippen LogP contribution in [0.5, 0.6) is 0 Å². The van der Waals surface area contributed by atoms with Crippen molar-refractivity contribution < 1.29 is 9.53 Å². The Kier molecular flexibility index (Phi) is 5.78. The number of nitrogens with one attached hydrogen (secondary N) is 1. The van der Waals surface area contributed by atoms with Crippen LogP contribution in [-0.2, 0) is 23.1 Å². The van der Waals surface area contributed by atoms with Gasteiger partial charge in [-0.3, -0.25) is 0 Å². The molecule has 2 aromatic rings. The fourth-order valence-corrected chi connectivity index (χ4v) is 5.20. The van der Waals surface area contributed by atoms with Crippen molar-refractivity contribution in [3.63, 3.8) is 0 Å². The van der Waals surface area contributed by atoms with Gasteiger partial charge in [-0.15, -0.1) is 11.3 Å². The van der Waals surface area contributed by atoms with E-state index in [9.17, 15) is 4.79 Å². The Bertz CT molecular complexity index is 892. The number of fused-ring (bicyclic) bond motifs is 1.